The SMILES string of the molecule is Cc1cc(Cl)cc(O)c1-c1ccc2oc(N[C@@H]3CCCN4CCC[C@@H]34)nc2n1. The first-order valence-corrected chi connectivity index (χ1v) is 10.2. The first-order chi connectivity index (χ1) is 13.6. The van der Waals surface area contributed by atoms with Gasteiger partial charge >= 0.3 is 0 Å². The number of halogens is 1. The molecule has 0 radical (unpaired) electrons. The molecule has 0 aliphatic carbocycles. The van der Waals surface area contributed by atoms with Crippen molar-refractivity contribution in [3.8, 4) is 17.0 Å². The molecule has 0 unspecified atom stereocenters. The first-order valence-electron chi connectivity index (χ1n) is 9.86. The zero-order valence-electron chi connectivity index (χ0n) is 15.8. The van der Waals surface area contributed by atoms with Crippen molar-refractivity contribution in [2.75, 3.05) is 18.4 Å². The van der Waals surface area contributed by atoms with E-state index in [1.807, 2.05) is 25.1 Å². The molecule has 2 aliphatic heterocycles. The second-order valence-electron chi connectivity index (χ2n) is 7.79. The Kier molecular flexibility index (Phi) is 4.40. The number of phenols is 1. The number of aromatic hydroxyl groups is 1. The fourth-order valence-corrected chi connectivity index (χ4v) is 4.96. The van der Waals surface area contributed by atoms with E-state index in [2.05, 4.69) is 20.2 Å². The molecule has 6 nitrogen and oxygen atoms in total. The molecule has 1 aromatic carbocycles. The Morgan fingerprint density at radius 2 is 2.00 bits per heavy atom. The van der Waals surface area contributed by atoms with Gasteiger partial charge in [-0.1, -0.05) is 11.6 Å². The van der Waals surface area contributed by atoms with Crippen LogP contribution in [-0.2, 0) is 0 Å². The summed E-state index contributed by atoms with van der Waals surface area (Å²) in [4.78, 5) is 11.8. The number of aryl methyl sites for hydroxylation is 1. The van der Waals surface area contributed by atoms with Gasteiger partial charge in [0, 0.05) is 22.7 Å². The van der Waals surface area contributed by atoms with Gasteiger partial charge in [0.1, 0.15) is 5.75 Å². The number of piperidine rings is 1. The van der Waals surface area contributed by atoms with Crippen LogP contribution in [0.2, 0.25) is 5.02 Å². The zero-order valence-corrected chi connectivity index (χ0v) is 16.5. The van der Waals surface area contributed by atoms with Crippen LogP contribution >= 0.6 is 11.6 Å². The van der Waals surface area contributed by atoms with Crippen molar-refractivity contribution in [3.63, 3.8) is 0 Å². The average Bonchev–Trinajstić information content (AvgIpc) is 3.27. The van der Waals surface area contributed by atoms with Gasteiger partial charge in [0.25, 0.3) is 6.01 Å². The van der Waals surface area contributed by atoms with Crippen molar-refractivity contribution in [1.82, 2.24) is 14.9 Å². The number of phenolic OH excluding ortho intramolecular Hbond substituents is 1. The molecule has 28 heavy (non-hydrogen) atoms. The Morgan fingerprint density at radius 3 is 2.82 bits per heavy atom. The van der Waals surface area contributed by atoms with Gasteiger partial charge in [-0.05, 0) is 75.5 Å². The molecule has 2 N–H and O–H groups in total. The second-order valence-corrected chi connectivity index (χ2v) is 8.23. The Hall–Kier alpha value is -2.31. The molecular weight excluding hydrogens is 376 g/mol. The maximum absolute atomic E-state index is 10.3. The standard InChI is InChI=1S/C21H23ClN4O2/c1-12-10-13(22)11-17(27)19(12)15-6-7-18-20(23-15)25-21(28-18)24-14-4-2-8-26-9-3-5-16(14)26/h6-7,10-11,14,16,27H,2-5,8-9H2,1H3,(H,23,24,25)/t14-,16+/m1/s1. The van der Waals surface area contributed by atoms with E-state index in [4.69, 9.17) is 16.0 Å². The molecule has 2 aromatic heterocycles. The molecule has 2 fully saturated rings. The lowest BCUT2D eigenvalue weighted by atomic mass is 9.97. The van der Waals surface area contributed by atoms with Crippen molar-refractivity contribution in [3.05, 3.63) is 34.9 Å². The van der Waals surface area contributed by atoms with Crippen LogP contribution in [0.15, 0.2) is 28.7 Å². The van der Waals surface area contributed by atoms with Crippen molar-refractivity contribution >= 4 is 28.8 Å². The fourth-order valence-electron chi connectivity index (χ4n) is 4.70. The molecule has 4 heterocycles. The van der Waals surface area contributed by atoms with Crippen molar-refractivity contribution in [2.24, 2.45) is 0 Å². The van der Waals surface area contributed by atoms with Crippen LogP contribution in [0.4, 0.5) is 6.01 Å². The van der Waals surface area contributed by atoms with Gasteiger partial charge in [0.2, 0.25) is 5.65 Å². The average molecular weight is 399 g/mol. The van der Waals surface area contributed by atoms with E-state index < -0.39 is 0 Å². The molecule has 2 saturated heterocycles. The topological polar surface area (TPSA) is 74.4 Å². The zero-order chi connectivity index (χ0) is 19.3. The van der Waals surface area contributed by atoms with Crippen LogP contribution in [0, 0.1) is 6.92 Å². The predicted molar refractivity (Wildman–Crippen MR) is 110 cm³/mol. The maximum Gasteiger partial charge on any atom is 0.297 e. The van der Waals surface area contributed by atoms with Crippen molar-refractivity contribution in [1.29, 1.82) is 0 Å². The second kappa shape index (κ2) is 6.94. The monoisotopic (exact) mass is 398 g/mol. The van der Waals surface area contributed by atoms with Crippen molar-refractivity contribution < 1.29 is 9.52 Å². The molecular formula is C21H23ClN4O2. The first kappa shape index (κ1) is 17.8. The van der Waals surface area contributed by atoms with Crippen LogP contribution < -0.4 is 5.32 Å². The maximum atomic E-state index is 10.3. The summed E-state index contributed by atoms with van der Waals surface area (Å²) in [5.74, 6) is 0.113. The third-order valence-corrected chi connectivity index (χ3v) is 6.16. The highest BCUT2D eigenvalue weighted by molar-refractivity contribution is 6.31. The molecule has 2 aliphatic rings. The van der Waals surface area contributed by atoms with Crippen LogP contribution in [0.5, 0.6) is 5.75 Å². The number of hydrogen-bond acceptors (Lipinski definition) is 6. The molecule has 0 saturated carbocycles. The van der Waals surface area contributed by atoms with E-state index in [9.17, 15) is 5.11 Å². The Balaban J connectivity index is 1.44. The number of oxazole rings is 1. The minimum atomic E-state index is 0.113. The number of benzene rings is 1. The summed E-state index contributed by atoms with van der Waals surface area (Å²) >= 11 is 6.02. The van der Waals surface area contributed by atoms with E-state index in [1.165, 1.54) is 38.4 Å². The number of rotatable bonds is 3. The minimum Gasteiger partial charge on any atom is -0.507 e. The van der Waals surface area contributed by atoms with Gasteiger partial charge in [-0.2, -0.15) is 4.98 Å². The number of hydrogen-bond donors (Lipinski definition) is 2. The number of aromatic nitrogens is 2. The normalized spacial score (nSPS) is 22.5. The Morgan fingerprint density at radius 1 is 1.18 bits per heavy atom. The van der Waals surface area contributed by atoms with Crippen molar-refractivity contribution in [2.45, 2.75) is 44.7 Å². The fraction of sp³-hybridized carbons (Fsp3) is 0.429. The van der Waals surface area contributed by atoms with Gasteiger partial charge in [0.05, 0.1) is 5.69 Å². The molecule has 0 bridgehead atoms. The van der Waals surface area contributed by atoms with Gasteiger partial charge in [-0.25, -0.2) is 4.98 Å². The molecule has 7 heteroatoms. The summed E-state index contributed by atoms with van der Waals surface area (Å²) in [6.07, 6.45) is 4.84. The molecule has 0 amide bonds. The van der Waals surface area contributed by atoms with Gasteiger partial charge < -0.3 is 14.8 Å². The van der Waals surface area contributed by atoms with Gasteiger partial charge in [0.15, 0.2) is 5.58 Å². The molecule has 5 rings (SSSR count). The summed E-state index contributed by atoms with van der Waals surface area (Å²) in [7, 11) is 0. The third-order valence-electron chi connectivity index (χ3n) is 5.94. The van der Waals surface area contributed by atoms with Crippen LogP contribution in [0.3, 0.4) is 0 Å². The van der Waals surface area contributed by atoms with E-state index in [-0.39, 0.29) is 5.75 Å². The number of nitrogens with zero attached hydrogens (tertiary/aromatic N) is 3. The van der Waals surface area contributed by atoms with Crippen LogP contribution in [-0.4, -0.2) is 45.1 Å². The summed E-state index contributed by atoms with van der Waals surface area (Å²) in [5.41, 5.74) is 3.35. The van der Waals surface area contributed by atoms with E-state index >= 15 is 0 Å². The molecule has 146 valence electrons. The minimum absolute atomic E-state index is 0.113. The Labute approximate surface area is 168 Å². The predicted octanol–water partition coefficient (Wildman–Crippen LogP) is 4.60. The lowest BCUT2D eigenvalue weighted by molar-refractivity contribution is 0.181. The highest BCUT2D eigenvalue weighted by atomic mass is 35.5. The van der Waals surface area contributed by atoms with Gasteiger partial charge in [-0.15, -0.1) is 0 Å². The smallest absolute Gasteiger partial charge is 0.297 e. The quantitative estimate of drug-likeness (QED) is 0.671. The molecule has 3 aromatic rings. The lowest BCUT2D eigenvalue weighted by Crippen LogP contribution is -2.47. The summed E-state index contributed by atoms with van der Waals surface area (Å²) in [6, 6.07) is 8.50. The highest BCUT2D eigenvalue weighted by Gasteiger charge is 2.35. The summed E-state index contributed by atoms with van der Waals surface area (Å²) < 4.78 is 5.90. The third kappa shape index (κ3) is 3.10. The number of nitrogens with one attached hydrogen (secondary N) is 1. The summed E-state index contributed by atoms with van der Waals surface area (Å²) in [6.45, 7) is 4.30. The van der Waals surface area contributed by atoms with E-state index in [1.54, 1.807) is 0 Å². The Bertz CT molecular complexity index is 1010. The highest BCUT2D eigenvalue weighted by Crippen LogP contribution is 2.35. The van der Waals surface area contributed by atoms with E-state index in [0.717, 1.165) is 12.0 Å². The van der Waals surface area contributed by atoms with Gasteiger partial charge in [-0.3, -0.25) is 4.90 Å². The van der Waals surface area contributed by atoms with E-state index in [0.29, 0.717) is 45.6 Å². The van der Waals surface area contributed by atoms with Crippen LogP contribution in [0.1, 0.15) is 31.2 Å². The number of pyridine rings is 1. The summed E-state index contributed by atoms with van der Waals surface area (Å²) in [5, 5.41) is 14.3. The largest absolute Gasteiger partial charge is 0.507 e. The molecule has 2 atom stereocenters. The molecule has 0 spiro atoms. The van der Waals surface area contributed by atoms with Crippen LogP contribution in [0.25, 0.3) is 22.5 Å². The lowest BCUT2D eigenvalue weighted by Gasteiger charge is -2.36. The number of fused-ring (bicyclic) bond motifs is 2. The number of anilines is 1.